The number of aromatic nitrogens is 4. The molecule has 2 aliphatic rings. The van der Waals surface area contributed by atoms with Crippen molar-refractivity contribution in [2.45, 2.75) is 88.7 Å². The molecule has 302 valence electrons. The highest BCUT2D eigenvalue weighted by molar-refractivity contribution is 5.87. The summed E-state index contributed by atoms with van der Waals surface area (Å²) in [5, 5.41) is 26.9. The second kappa shape index (κ2) is 17.3. The monoisotopic (exact) mass is 780 g/mol. The van der Waals surface area contributed by atoms with E-state index in [1.54, 1.807) is 36.0 Å². The van der Waals surface area contributed by atoms with Gasteiger partial charge in [-0.25, -0.2) is 14.8 Å². The Labute approximate surface area is 332 Å². The highest BCUT2D eigenvalue weighted by Gasteiger charge is 2.43. The molecule has 4 heterocycles. The number of aromatic amines is 2. The van der Waals surface area contributed by atoms with Crippen molar-refractivity contribution in [3.63, 3.8) is 0 Å². The number of hydrogen-bond donors (Lipinski definition) is 6. The number of methoxy groups -OCH3 is 2. The lowest BCUT2D eigenvalue weighted by Gasteiger charge is -2.34. The molecule has 4 aromatic rings. The van der Waals surface area contributed by atoms with Crippen LogP contribution in [0.3, 0.4) is 0 Å². The molecule has 2 aromatic heterocycles. The Kier molecular flexibility index (Phi) is 12.5. The van der Waals surface area contributed by atoms with Gasteiger partial charge in [0.2, 0.25) is 11.8 Å². The normalized spacial score (nSPS) is 18.2. The number of nitrogens with zero attached hydrogens (tertiary/aromatic N) is 4. The van der Waals surface area contributed by atoms with Crippen LogP contribution < -0.4 is 10.6 Å². The van der Waals surface area contributed by atoms with Gasteiger partial charge in [0.1, 0.15) is 23.7 Å². The van der Waals surface area contributed by atoms with Crippen LogP contribution in [0.15, 0.2) is 60.9 Å². The molecule has 0 saturated carbocycles. The number of carbonyl (C=O) groups is 3. The molecular formula is C42H52N8O7. The quantitative estimate of drug-likeness (QED) is 0.0902. The summed E-state index contributed by atoms with van der Waals surface area (Å²) in [5.74, 6) is 7.20. The van der Waals surface area contributed by atoms with Crippen LogP contribution in [0.4, 0.5) is 4.79 Å². The second-order valence-corrected chi connectivity index (χ2v) is 15.6. The lowest BCUT2D eigenvalue weighted by atomic mass is 9.97. The maximum absolute atomic E-state index is 13.5. The molecule has 0 bridgehead atoms. The minimum absolute atomic E-state index is 0.143. The summed E-state index contributed by atoms with van der Waals surface area (Å²) in [4.78, 5) is 58.5. The number of aliphatic hydroxyl groups is 2. The first kappa shape index (κ1) is 41.1. The van der Waals surface area contributed by atoms with Crippen LogP contribution in [0.5, 0.6) is 0 Å². The molecule has 0 aliphatic carbocycles. The molecule has 0 radical (unpaired) electrons. The number of alkyl carbamates (subject to hydrolysis) is 1. The minimum Gasteiger partial charge on any atom is -0.453 e. The van der Waals surface area contributed by atoms with Crippen molar-refractivity contribution in [1.82, 2.24) is 40.4 Å². The third kappa shape index (κ3) is 9.54. The average Bonchev–Trinajstić information content (AvgIpc) is 4.02. The van der Waals surface area contributed by atoms with Crippen molar-refractivity contribution >= 4 is 17.9 Å². The zero-order valence-corrected chi connectivity index (χ0v) is 33.3. The van der Waals surface area contributed by atoms with Crippen LogP contribution in [0.2, 0.25) is 0 Å². The summed E-state index contributed by atoms with van der Waals surface area (Å²) in [6.45, 7) is 7.36. The van der Waals surface area contributed by atoms with E-state index in [1.807, 2.05) is 48.5 Å². The number of rotatable bonds is 12. The van der Waals surface area contributed by atoms with Gasteiger partial charge in [-0.15, -0.1) is 0 Å². The smallest absolute Gasteiger partial charge is 0.407 e. The fourth-order valence-corrected chi connectivity index (χ4v) is 7.40. The maximum atomic E-state index is 13.5. The summed E-state index contributed by atoms with van der Waals surface area (Å²) >= 11 is 0. The molecule has 3 amide bonds. The SMILES string of the molecule is COCNC(C(=O)N1CCCC1c1ncc(-c2ccc(C#Cc3ccc(-c4cnc(C5CCCN5C(=O)C(NC(=O)OC)C(C)(C)O)[nH]4)cc3)cc2)[nH]1)C(C)(C)O. The van der Waals surface area contributed by atoms with Gasteiger partial charge >= 0.3 is 6.09 Å². The van der Waals surface area contributed by atoms with E-state index in [0.717, 1.165) is 52.9 Å². The number of ether oxygens (including phenoxy) is 2. The van der Waals surface area contributed by atoms with E-state index in [-0.39, 0.29) is 24.7 Å². The number of amides is 3. The molecule has 15 nitrogen and oxygen atoms in total. The molecule has 2 aliphatic heterocycles. The van der Waals surface area contributed by atoms with Gasteiger partial charge in [-0.2, -0.15) is 0 Å². The summed E-state index contributed by atoms with van der Waals surface area (Å²) in [5.41, 5.74) is 2.36. The van der Waals surface area contributed by atoms with Gasteiger partial charge in [0.15, 0.2) is 0 Å². The molecule has 57 heavy (non-hydrogen) atoms. The van der Waals surface area contributed by atoms with Crippen LogP contribution in [0.1, 0.15) is 88.2 Å². The number of benzene rings is 2. The van der Waals surface area contributed by atoms with E-state index in [4.69, 9.17) is 4.74 Å². The molecular weight excluding hydrogens is 729 g/mol. The van der Waals surface area contributed by atoms with Gasteiger partial charge in [0.25, 0.3) is 0 Å². The number of H-pyrrole nitrogens is 2. The fraction of sp³-hybridized carbons (Fsp3) is 0.452. The zero-order valence-electron chi connectivity index (χ0n) is 33.3. The van der Waals surface area contributed by atoms with Gasteiger partial charge in [0.05, 0.1) is 60.9 Å². The highest BCUT2D eigenvalue weighted by atomic mass is 16.5. The number of hydrogen-bond acceptors (Lipinski definition) is 10. The Morgan fingerprint density at radius 1 is 0.772 bits per heavy atom. The van der Waals surface area contributed by atoms with Crippen LogP contribution >= 0.6 is 0 Å². The molecule has 2 fully saturated rings. The molecule has 6 N–H and O–H groups in total. The zero-order chi connectivity index (χ0) is 40.9. The number of likely N-dealkylation sites (tertiary alicyclic amines) is 2. The van der Waals surface area contributed by atoms with E-state index >= 15 is 0 Å². The predicted octanol–water partition coefficient (Wildman–Crippen LogP) is 4.02. The standard InChI is InChI=1S/C42H52N8O7/c1-41(2,54)34(45-25-56-5)38(51)49-21-7-9-32(49)36-43-23-30(46-36)28-17-13-26(14-18-28)11-12-27-15-19-29(20-16-27)31-24-44-37(47-31)33-10-8-22-50(33)39(52)35(42(3,4)55)48-40(53)57-6/h13-20,23-24,32-35,45,54-55H,7-10,21-22,25H2,1-6H3,(H,43,46)(H,44,47)(H,48,53). The van der Waals surface area contributed by atoms with Crippen LogP contribution in [0.25, 0.3) is 22.5 Å². The molecule has 15 heteroatoms. The predicted molar refractivity (Wildman–Crippen MR) is 212 cm³/mol. The Bertz CT molecular complexity index is 2090. The Morgan fingerprint density at radius 3 is 1.61 bits per heavy atom. The number of imidazole rings is 2. The minimum atomic E-state index is -1.51. The van der Waals surface area contributed by atoms with Crippen molar-refractivity contribution < 1.29 is 34.1 Å². The maximum Gasteiger partial charge on any atom is 0.407 e. The molecule has 6 rings (SSSR count). The van der Waals surface area contributed by atoms with E-state index in [1.165, 1.54) is 28.1 Å². The third-order valence-electron chi connectivity index (χ3n) is 10.4. The molecule has 0 spiro atoms. The van der Waals surface area contributed by atoms with Crippen molar-refractivity contribution in [2.24, 2.45) is 0 Å². The lowest BCUT2D eigenvalue weighted by molar-refractivity contribution is -0.141. The first-order valence-electron chi connectivity index (χ1n) is 19.1. The van der Waals surface area contributed by atoms with Gasteiger partial charge in [-0.05, 0) is 88.8 Å². The van der Waals surface area contributed by atoms with Crippen LogP contribution in [-0.2, 0) is 19.1 Å². The Hall–Kier alpha value is -5.53. The van der Waals surface area contributed by atoms with E-state index in [9.17, 15) is 24.6 Å². The van der Waals surface area contributed by atoms with E-state index in [0.29, 0.717) is 31.2 Å². The van der Waals surface area contributed by atoms with Crippen molar-refractivity contribution in [3.8, 4) is 34.4 Å². The average molecular weight is 781 g/mol. The van der Waals surface area contributed by atoms with Crippen molar-refractivity contribution in [3.05, 3.63) is 83.7 Å². The number of carbonyl (C=O) groups excluding carboxylic acids is 3. The van der Waals surface area contributed by atoms with Crippen LogP contribution in [-0.4, -0.2) is 115 Å². The first-order chi connectivity index (χ1) is 27.2. The van der Waals surface area contributed by atoms with E-state index in [2.05, 4.69) is 47.1 Å². The lowest BCUT2D eigenvalue weighted by Crippen LogP contribution is -2.58. The Balaban J connectivity index is 1.08. The van der Waals surface area contributed by atoms with Crippen molar-refractivity contribution in [1.29, 1.82) is 0 Å². The third-order valence-corrected chi connectivity index (χ3v) is 10.4. The van der Waals surface area contributed by atoms with Crippen molar-refractivity contribution in [2.75, 3.05) is 34.0 Å². The summed E-state index contributed by atoms with van der Waals surface area (Å²) < 4.78 is 9.78. The second-order valence-electron chi connectivity index (χ2n) is 15.6. The Morgan fingerprint density at radius 2 is 1.21 bits per heavy atom. The molecule has 2 aromatic carbocycles. The fourth-order valence-electron chi connectivity index (χ4n) is 7.40. The van der Waals surface area contributed by atoms with Gasteiger partial charge < -0.3 is 44.8 Å². The van der Waals surface area contributed by atoms with Gasteiger partial charge in [-0.3, -0.25) is 14.9 Å². The molecule has 4 unspecified atom stereocenters. The van der Waals surface area contributed by atoms with Gasteiger partial charge in [0, 0.05) is 31.3 Å². The largest absolute Gasteiger partial charge is 0.453 e. The molecule has 2 saturated heterocycles. The summed E-state index contributed by atoms with van der Waals surface area (Å²) in [6, 6.07) is 13.1. The van der Waals surface area contributed by atoms with Gasteiger partial charge in [-0.1, -0.05) is 36.1 Å². The number of nitrogens with one attached hydrogen (secondary N) is 4. The summed E-state index contributed by atoms with van der Waals surface area (Å²) in [6.07, 6.45) is 5.77. The summed E-state index contributed by atoms with van der Waals surface area (Å²) in [7, 11) is 2.74. The molecule has 4 atom stereocenters. The van der Waals surface area contributed by atoms with E-state index < -0.39 is 35.3 Å². The topological polar surface area (TPSA) is 198 Å². The van der Waals surface area contributed by atoms with Crippen LogP contribution in [0, 0.1) is 11.8 Å². The highest BCUT2D eigenvalue weighted by Crippen LogP contribution is 2.34. The first-order valence-corrected chi connectivity index (χ1v) is 19.1.